The van der Waals surface area contributed by atoms with Gasteiger partial charge in [0, 0.05) is 25.3 Å². The smallest absolute Gasteiger partial charge is 0.131 e. The van der Waals surface area contributed by atoms with Crippen molar-refractivity contribution < 1.29 is 14.2 Å². The zero-order chi connectivity index (χ0) is 15.8. The van der Waals surface area contributed by atoms with E-state index in [1.807, 2.05) is 20.3 Å². The monoisotopic (exact) mass is 514 g/mol. The van der Waals surface area contributed by atoms with Crippen molar-refractivity contribution in [3.63, 3.8) is 0 Å². The summed E-state index contributed by atoms with van der Waals surface area (Å²) in [5.41, 5.74) is 3.16. The van der Waals surface area contributed by atoms with Crippen LogP contribution in [0.15, 0.2) is 32.5 Å². The van der Waals surface area contributed by atoms with Crippen molar-refractivity contribution in [2.75, 3.05) is 21.3 Å². The zero-order valence-electron chi connectivity index (χ0n) is 12.6. The van der Waals surface area contributed by atoms with Crippen LogP contribution in [0.1, 0.15) is 28.9 Å². The summed E-state index contributed by atoms with van der Waals surface area (Å²) in [4.78, 5) is 0. The number of hydrogen-bond donors (Lipinski definition) is 0. The van der Waals surface area contributed by atoms with Gasteiger partial charge in [0.15, 0.2) is 0 Å². The van der Waals surface area contributed by atoms with Crippen LogP contribution in [0, 0.1) is 6.92 Å². The quantitative estimate of drug-likeness (QED) is 0.464. The van der Waals surface area contributed by atoms with E-state index in [1.54, 1.807) is 21.3 Å². The van der Waals surface area contributed by atoms with Gasteiger partial charge in [-0.2, -0.15) is 0 Å². The molecule has 0 aromatic heterocycles. The first-order valence-corrected chi connectivity index (χ1v) is 8.89. The summed E-state index contributed by atoms with van der Waals surface area (Å²) in [5.74, 6) is 0.809. The predicted octanol–water partition coefficient (Wildman–Crippen LogP) is 5.28. The predicted molar refractivity (Wildman–Crippen MR) is 104 cm³/mol. The van der Waals surface area contributed by atoms with Crippen LogP contribution in [-0.2, 0) is 9.47 Å². The third kappa shape index (κ3) is 4.94. The summed E-state index contributed by atoms with van der Waals surface area (Å²) in [6.07, 6.45) is 3.71. The second-order valence-corrected chi connectivity index (χ2v) is 5.86. The molecule has 1 rings (SSSR count). The molecule has 0 saturated heterocycles. The van der Waals surface area contributed by atoms with Crippen LogP contribution in [0.5, 0.6) is 5.75 Å². The average Bonchev–Trinajstić information content (AvgIpc) is 2.49. The van der Waals surface area contributed by atoms with Gasteiger partial charge in [-0.1, -0.05) is 50.7 Å². The van der Waals surface area contributed by atoms with Crippen molar-refractivity contribution in [3.8, 4) is 5.75 Å². The molecule has 116 valence electrons. The van der Waals surface area contributed by atoms with Crippen molar-refractivity contribution in [2.45, 2.75) is 19.1 Å². The maximum absolute atomic E-state index is 5.66. The van der Waals surface area contributed by atoms with Crippen LogP contribution in [0.3, 0.4) is 0 Å². The minimum atomic E-state index is -0.142. The summed E-state index contributed by atoms with van der Waals surface area (Å²) in [6, 6.07) is 4.18. The molecule has 0 aliphatic heterocycles. The second-order valence-electron chi connectivity index (χ2n) is 4.43. The van der Waals surface area contributed by atoms with Crippen molar-refractivity contribution in [2.24, 2.45) is 0 Å². The number of rotatable bonds is 7. The fraction of sp³-hybridized carbons (Fsp3) is 0.375. The molecule has 0 saturated carbocycles. The molecule has 0 spiro atoms. The van der Waals surface area contributed by atoms with Crippen LogP contribution in [0.25, 0.3) is 0 Å². The molecule has 0 unspecified atom stereocenters. The molecule has 1 aromatic rings. The molecule has 0 heterocycles. The first kappa shape index (κ1) is 18.9. The molecule has 21 heavy (non-hydrogen) atoms. The first-order valence-electron chi connectivity index (χ1n) is 6.40. The van der Waals surface area contributed by atoms with Gasteiger partial charge in [0.05, 0.1) is 7.11 Å². The molecule has 0 fully saturated rings. The molecule has 1 aromatic carbocycles. The van der Waals surface area contributed by atoms with Gasteiger partial charge in [-0.3, -0.25) is 0 Å². The van der Waals surface area contributed by atoms with Crippen LogP contribution < -0.4 is 4.74 Å². The summed E-state index contributed by atoms with van der Waals surface area (Å²) < 4.78 is 20.7. The van der Waals surface area contributed by atoms with Crippen molar-refractivity contribution in [1.82, 2.24) is 0 Å². The summed E-state index contributed by atoms with van der Waals surface area (Å²) in [6.45, 7) is 2.06. The maximum Gasteiger partial charge on any atom is 0.131 e. The van der Waals surface area contributed by atoms with Crippen molar-refractivity contribution in [1.29, 1.82) is 0 Å². The number of aryl methyl sites for hydroxylation is 1. The minimum absolute atomic E-state index is 0.142. The highest BCUT2D eigenvalue weighted by Crippen LogP contribution is 2.37. The standard InChI is InChI=1S/C16H20I2O3/c1-11-9-12(14(19-2)5-7-17)16(21-4)13(10-11)15(20-3)6-8-18/h5-10,14-15H,1-4H3/b7-5+,8-6+/t14-,15-/m1/s1. The summed E-state index contributed by atoms with van der Waals surface area (Å²) >= 11 is 4.38. The number of benzene rings is 1. The largest absolute Gasteiger partial charge is 0.496 e. The lowest BCUT2D eigenvalue weighted by Crippen LogP contribution is -2.08. The topological polar surface area (TPSA) is 27.7 Å². The van der Waals surface area contributed by atoms with Crippen LogP contribution in [0.4, 0.5) is 0 Å². The second kappa shape index (κ2) is 9.81. The lowest BCUT2D eigenvalue weighted by Gasteiger charge is -2.22. The highest BCUT2D eigenvalue weighted by molar-refractivity contribution is 14.1. The first-order chi connectivity index (χ1) is 10.1. The zero-order valence-corrected chi connectivity index (χ0v) is 16.9. The number of hydrogen-bond acceptors (Lipinski definition) is 3. The van der Waals surface area contributed by atoms with Gasteiger partial charge in [0.2, 0.25) is 0 Å². The Morgan fingerprint density at radius 2 is 1.33 bits per heavy atom. The Morgan fingerprint density at radius 1 is 0.905 bits per heavy atom. The SMILES string of the molecule is COc1c([C@@H](/C=C/I)OC)cc(C)cc1[C@@H](/C=C/I)OC. The summed E-state index contributed by atoms with van der Waals surface area (Å²) in [7, 11) is 5.07. The number of halogens is 2. The maximum atomic E-state index is 5.66. The Hall–Kier alpha value is -0.120. The molecule has 0 N–H and O–H groups in total. The minimum Gasteiger partial charge on any atom is -0.496 e. The van der Waals surface area contributed by atoms with E-state index in [2.05, 4.69) is 64.2 Å². The Morgan fingerprint density at radius 3 is 1.62 bits per heavy atom. The van der Waals surface area contributed by atoms with E-state index >= 15 is 0 Å². The summed E-state index contributed by atoms with van der Waals surface area (Å²) in [5, 5.41) is 0. The van der Waals surface area contributed by atoms with E-state index in [0.717, 1.165) is 22.4 Å². The van der Waals surface area contributed by atoms with Crippen LogP contribution in [-0.4, -0.2) is 21.3 Å². The molecular formula is C16H20I2O3. The fourth-order valence-corrected chi connectivity index (χ4v) is 2.99. The number of ether oxygens (including phenoxy) is 3. The van der Waals surface area contributed by atoms with Crippen LogP contribution >= 0.6 is 45.2 Å². The van der Waals surface area contributed by atoms with E-state index in [9.17, 15) is 0 Å². The molecule has 0 amide bonds. The van der Waals surface area contributed by atoms with E-state index in [4.69, 9.17) is 14.2 Å². The molecule has 5 heteroatoms. The third-order valence-corrected chi connectivity index (χ3v) is 3.94. The van der Waals surface area contributed by atoms with Crippen molar-refractivity contribution in [3.05, 3.63) is 49.1 Å². The lowest BCUT2D eigenvalue weighted by molar-refractivity contribution is 0.132. The highest BCUT2D eigenvalue weighted by Gasteiger charge is 2.21. The molecule has 0 radical (unpaired) electrons. The molecule has 0 aliphatic carbocycles. The Bertz CT molecular complexity index is 471. The molecule has 0 bridgehead atoms. The molecule has 3 nitrogen and oxygen atoms in total. The third-order valence-electron chi connectivity index (χ3n) is 3.11. The normalized spacial score (nSPS) is 14.8. The molecule has 0 aliphatic rings. The fourth-order valence-electron chi connectivity index (χ4n) is 2.24. The highest BCUT2D eigenvalue weighted by atomic mass is 127. The van der Waals surface area contributed by atoms with Gasteiger partial charge in [0.25, 0.3) is 0 Å². The van der Waals surface area contributed by atoms with E-state index in [-0.39, 0.29) is 12.2 Å². The lowest BCUT2D eigenvalue weighted by atomic mass is 9.97. The average molecular weight is 514 g/mol. The van der Waals surface area contributed by atoms with Gasteiger partial charge >= 0.3 is 0 Å². The van der Waals surface area contributed by atoms with Gasteiger partial charge in [0.1, 0.15) is 18.0 Å². The molecule has 2 atom stereocenters. The van der Waals surface area contributed by atoms with Crippen LogP contribution in [0.2, 0.25) is 0 Å². The van der Waals surface area contributed by atoms with Gasteiger partial charge in [-0.05, 0) is 39.4 Å². The van der Waals surface area contributed by atoms with E-state index in [0.29, 0.717) is 0 Å². The van der Waals surface area contributed by atoms with E-state index in [1.165, 1.54) is 0 Å². The number of methoxy groups -OCH3 is 3. The Kier molecular flexibility index (Phi) is 8.84. The van der Waals surface area contributed by atoms with Gasteiger partial charge in [-0.15, -0.1) is 0 Å². The Labute approximate surface area is 154 Å². The molecular weight excluding hydrogens is 494 g/mol. The van der Waals surface area contributed by atoms with Gasteiger partial charge in [-0.25, -0.2) is 0 Å². The van der Waals surface area contributed by atoms with Gasteiger partial charge < -0.3 is 14.2 Å². The van der Waals surface area contributed by atoms with Crippen molar-refractivity contribution >= 4 is 45.2 Å². The Balaban J connectivity index is 3.48. The van der Waals surface area contributed by atoms with E-state index < -0.39 is 0 Å².